The second-order valence-electron chi connectivity index (χ2n) is 5.97. The van der Waals surface area contributed by atoms with Crippen LogP contribution in [0.25, 0.3) is 0 Å². The van der Waals surface area contributed by atoms with Crippen molar-refractivity contribution in [1.29, 1.82) is 0 Å². The molecular weight excluding hydrogens is 538 g/mol. The third-order valence-electron chi connectivity index (χ3n) is 3.52. The van der Waals surface area contributed by atoms with Crippen molar-refractivity contribution in [3.8, 4) is 5.75 Å². The Hall–Kier alpha value is -2.06. The number of benzene rings is 1. The van der Waals surface area contributed by atoms with Crippen molar-refractivity contribution in [1.82, 2.24) is 4.98 Å². The fourth-order valence-corrected chi connectivity index (χ4v) is 3.69. The van der Waals surface area contributed by atoms with Gasteiger partial charge in [-0.05, 0) is 37.3 Å². The zero-order valence-electron chi connectivity index (χ0n) is 15.4. The summed E-state index contributed by atoms with van der Waals surface area (Å²) in [6, 6.07) is 7.89. The number of halogens is 2. The number of carbonyl (C=O) groups is 1. The molecule has 1 aromatic heterocycles. The molecule has 0 saturated carbocycles. The maximum atomic E-state index is 14.0. The second kappa shape index (κ2) is 8.75. The van der Waals surface area contributed by atoms with E-state index in [-0.39, 0.29) is 25.7 Å². The van der Waals surface area contributed by atoms with Crippen LogP contribution in [0.4, 0.5) is 10.1 Å². The Morgan fingerprint density at radius 3 is 2.31 bits per heavy atom. The summed E-state index contributed by atoms with van der Waals surface area (Å²) in [5.41, 5.74) is 0.341. The van der Waals surface area contributed by atoms with Crippen molar-refractivity contribution >= 4 is 53.9 Å². The van der Waals surface area contributed by atoms with Gasteiger partial charge in [0.1, 0.15) is 0 Å². The van der Waals surface area contributed by atoms with E-state index in [1.54, 1.807) is 22.6 Å². The van der Waals surface area contributed by atoms with E-state index in [0.717, 1.165) is 24.6 Å². The molecule has 1 heterocycles. The van der Waals surface area contributed by atoms with E-state index < -0.39 is 36.6 Å². The molecule has 2 rings (SSSR count). The topological polar surface area (TPSA) is 119 Å². The number of pyridine rings is 1. The average Bonchev–Trinajstić information content (AvgIpc) is 2.61. The molecular formula is C17H16FIN2O6S2. The lowest BCUT2D eigenvalue weighted by Gasteiger charge is -2.11. The number of hydrogen-bond acceptors (Lipinski definition) is 7. The fourth-order valence-electron chi connectivity index (χ4n) is 1.98. The molecule has 0 aliphatic heterocycles. The Morgan fingerprint density at radius 2 is 1.76 bits per heavy atom. The normalized spacial score (nSPS) is 12.9. The molecule has 0 radical (unpaired) electrons. The summed E-state index contributed by atoms with van der Waals surface area (Å²) in [6.45, 7) is 1.42. The summed E-state index contributed by atoms with van der Waals surface area (Å²) >= 11 is 1.68. The average molecular weight is 554 g/mol. The molecule has 0 fully saturated rings. The number of carbonyl (C=O) groups excluding carboxylic acids is 1. The van der Waals surface area contributed by atoms with Crippen molar-refractivity contribution in [2.45, 2.75) is 16.8 Å². The van der Waals surface area contributed by atoms with Crippen LogP contribution in [0.5, 0.6) is 5.75 Å². The predicted molar refractivity (Wildman–Crippen MR) is 113 cm³/mol. The molecule has 0 aliphatic carbocycles. The van der Waals surface area contributed by atoms with Gasteiger partial charge in [0, 0.05) is 40.8 Å². The van der Waals surface area contributed by atoms with Crippen molar-refractivity contribution in [2.75, 3.05) is 17.8 Å². The number of sulfone groups is 2. The molecule has 0 bridgehead atoms. The lowest BCUT2D eigenvalue weighted by molar-refractivity contribution is -0.112. The van der Waals surface area contributed by atoms with E-state index in [4.69, 9.17) is 4.74 Å². The first-order valence-corrected chi connectivity index (χ1v) is 12.7. The summed E-state index contributed by atoms with van der Waals surface area (Å²) in [5.74, 6) is -2.09. The maximum Gasteiger partial charge on any atom is 0.257 e. The van der Waals surface area contributed by atoms with Crippen LogP contribution in [0.1, 0.15) is 6.92 Å². The number of rotatable bonds is 6. The largest absolute Gasteiger partial charge is 0.446 e. The van der Waals surface area contributed by atoms with Gasteiger partial charge < -0.3 is 10.1 Å². The third-order valence-corrected chi connectivity index (χ3v) is 6.65. The smallest absolute Gasteiger partial charge is 0.257 e. The van der Waals surface area contributed by atoms with E-state index >= 15 is 0 Å². The predicted octanol–water partition coefficient (Wildman–Crippen LogP) is 2.71. The molecule has 1 N–H and O–H groups in total. The molecule has 156 valence electrons. The number of aromatic nitrogens is 1. The van der Waals surface area contributed by atoms with E-state index in [9.17, 15) is 26.0 Å². The number of nitrogens with one attached hydrogen (secondary N) is 1. The maximum absolute atomic E-state index is 14.0. The van der Waals surface area contributed by atoms with Gasteiger partial charge in [-0.1, -0.05) is 6.07 Å². The Labute approximate surface area is 181 Å². The summed E-state index contributed by atoms with van der Waals surface area (Å²) in [6.07, 6.45) is 1.94. The zero-order valence-corrected chi connectivity index (χ0v) is 19.2. The minimum Gasteiger partial charge on any atom is -0.446 e. The van der Waals surface area contributed by atoms with E-state index in [1.807, 2.05) is 0 Å². The van der Waals surface area contributed by atoms with Crippen LogP contribution in [0, 0.1) is 5.95 Å². The van der Waals surface area contributed by atoms with Crippen molar-refractivity contribution in [3.63, 3.8) is 0 Å². The van der Waals surface area contributed by atoms with Gasteiger partial charge in [0.05, 0.1) is 10.5 Å². The van der Waals surface area contributed by atoms with Crippen LogP contribution in [0.2, 0.25) is 0 Å². The molecule has 0 atom stereocenters. The van der Waals surface area contributed by atoms with Gasteiger partial charge in [-0.15, -0.1) is 0 Å². The quantitative estimate of drug-likeness (QED) is 0.253. The Morgan fingerprint density at radius 1 is 1.10 bits per heavy atom. The van der Waals surface area contributed by atoms with E-state index in [0.29, 0.717) is 0 Å². The van der Waals surface area contributed by atoms with Crippen molar-refractivity contribution < 1.29 is 30.8 Å². The number of amides is 1. The molecule has 0 saturated heterocycles. The Kier molecular flexibility index (Phi) is 7.01. The molecule has 12 heteroatoms. The highest BCUT2D eigenvalue weighted by Crippen LogP contribution is 2.25. The molecule has 0 aliphatic rings. The van der Waals surface area contributed by atoms with Gasteiger partial charge in [-0.3, -0.25) is 4.79 Å². The number of ether oxygens (including phenoxy) is 1. The van der Waals surface area contributed by atoms with Crippen LogP contribution < -0.4 is 10.1 Å². The Bertz CT molecular complexity index is 1210. The first kappa shape index (κ1) is 23.2. The van der Waals surface area contributed by atoms with Gasteiger partial charge in [0.25, 0.3) is 11.9 Å². The standard InChI is InChI=1S/C17H16FIN2O6S2/c1-10(17(22)20-11-5-4-6-12(9-11)28(2,23)24)16(19)27-13-7-8-14(21-15(13)18)29(3,25)26/h4-9H,1-3H3,(H,20,22)/b16-10-. The molecule has 8 nitrogen and oxygen atoms in total. The number of anilines is 1. The molecule has 1 amide bonds. The van der Waals surface area contributed by atoms with Crippen molar-refractivity contribution in [2.24, 2.45) is 0 Å². The van der Waals surface area contributed by atoms with Gasteiger partial charge in [0.15, 0.2) is 34.2 Å². The molecule has 0 spiro atoms. The minimum atomic E-state index is -3.68. The number of nitrogens with zero attached hydrogens (tertiary/aromatic N) is 1. The summed E-state index contributed by atoms with van der Waals surface area (Å²) in [7, 11) is -7.11. The molecule has 0 unspecified atom stereocenters. The summed E-state index contributed by atoms with van der Waals surface area (Å²) < 4.78 is 65.4. The molecule has 1 aromatic carbocycles. The highest BCUT2D eigenvalue weighted by molar-refractivity contribution is 14.1. The SMILES string of the molecule is C/C(C(=O)Nc1cccc(S(C)(=O)=O)c1)=C(\I)Oc1ccc(S(C)(=O)=O)nc1F. The van der Waals surface area contributed by atoms with Crippen LogP contribution in [-0.4, -0.2) is 40.2 Å². The van der Waals surface area contributed by atoms with Crippen LogP contribution in [0.3, 0.4) is 0 Å². The lowest BCUT2D eigenvalue weighted by atomic mass is 10.2. The molecule has 29 heavy (non-hydrogen) atoms. The fraction of sp³-hybridized carbons (Fsp3) is 0.176. The van der Waals surface area contributed by atoms with E-state index in [2.05, 4.69) is 10.3 Å². The monoisotopic (exact) mass is 554 g/mol. The lowest BCUT2D eigenvalue weighted by Crippen LogP contribution is -2.15. The van der Waals surface area contributed by atoms with Crippen LogP contribution >= 0.6 is 22.6 Å². The first-order valence-electron chi connectivity index (χ1n) is 7.81. The minimum absolute atomic E-state index is 0.0205. The van der Waals surface area contributed by atoms with E-state index in [1.165, 1.54) is 31.2 Å². The third kappa shape index (κ3) is 6.21. The van der Waals surface area contributed by atoms with Gasteiger partial charge in [-0.2, -0.15) is 4.39 Å². The first-order chi connectivity index (χ1) is 13.3. The second-order valence-corrected chi connectivity index (χ2v) is 10.9. The summed E-state index contributed by atoms with van der Waals surface area (Å²) in [4.78, 5) is 15.8. The highest BCUT2D eigenvalue weighted by Gasteiger charge is 2.17. The van der Waals surface area contributed by atoms with Gasteiger partial charge >= 0.3 is 0 Å². The molecule has 2 aromatic rings. The van der Waals surface area contributed by atoms with Crippen molar-refractivity contribution in [3.05, 3.63) is 51.7 Å². The zero-order chi connectivity index (χ0) is 22.0. The van der Waals surface area contributed by atoms with Gasteiger partial charge in [-0.25, -0.2) is 21.8 Å². The highest BCUT2D eigenvalue weighted by atomic mass is 127. The van der Waals surface area contributed by atoms with Crippen LogP contribution in [0.15, 0.2) is 55.7 Å². The van der Waals surface area contributed by atoms with Gasteiger partial charge in [0.2, 0.25) is 0 Å². The number of hydrogen-bond donors (Lipinski definition) is 1. The summed E-state index contributed by atoms with van der Waals surface area (Å²) in [5, 5.41) is 2.09. The van der Waals surface area contributed by atoms with Crippen LogP contribution in [-0.2, 0) is 24.5 Å². The Balaban J connectivity index is 2.22.